The van der Waals surface area contributed by atoms with Gasteiger partial charge in [0.15, 0.2) is 11.5 Å². The van der Waals surface area contributed by atoms with Gasteiger partial charge in [0.2, 0.25) is 0 Å². The second kappa shape index (κ2) is 4.66. The summed E-state index contributed by atoms with van der Waals surface area (Å²) in [5, 5.41) is 12.0. The highest BCUT2D eigenvalue weighted by Crippen LogP contribution is 2.42. The number of nitrogens with zero attached hydrogens (tertiary/aromatic N) is 2. The fraction of sp³-hybridized carbons (Fsp3) is 0.214. The van der Waals surface area contributed by atoms with Gasteiger partial charge in [-0.2, -0.15) is 5.26 Å². The molecule has 1 aliphatic heterocycles. The number of hydrogen-bond acceptors (Lipinski definition) is 4. The van der Waals surface area contributed by atoms with Crippen molar-refractivity contribution < 1.29 is 18.3 Å². The second-order valence-corrected chi connectivity index (χ2v) is 4.64. The number of nitrogens with one attached hydrogen (secondary N) is 1. The van der Waals surface area contributed by atoms with Gasteiger partial charge in [0.1, 0.15) is 11.8 Å². The van der Waals surface area contributed by atoms with Crippen molar-refractivity contribution in [1.29, 1.82) is 5.26 Å². The normalized spacial score (nSPS) is 14.8. The van der Waals surface area contributed by atoms with E-state index in [1.165, 1.54) is 12.1 Å². The first-order valence-electron chi connectivity index (χ1n) is 6.16. The van der Waals surface area contributed by atoms with Crippen molar-refractivity contribution >= 4 is 5.69 Å². The maximum Gasteiger partial charge on any atom is 0.586 e. The van der Waals surface area contributed by atoms with Crippen LogP contribution in [0, 0.1) is 11.3 Å². The van der Waals surface area contributed by atoms with Crippen molar-refractivity contribution in [3.63, 3.8) is 0 Å². The van der Waals surface area contributed by atoms with E-state index in [9.17, 15) is 8.78 Å². The summed E-state index contributed by atoms with van der Waals surface area (Å²) in [6.07, 6.45) is -1.78. The molecular formula is C14H11F2N3O2. The molecule has 0 unspecified atom stereocenters. The molecule has 0 saturated heterocycles. The van der Waals surface area contributed by atoms with E-state index in [1.54, 1.807) is 23.7 Å². The number of benzene rings is 1. The Morgan fingerprint density at radius 2 is 2.05 bits per heavy atom. The van der Waals surface area contributed by atoms with Gasteiger partial charge in [-0.1, -0.05) is 0 Å². The van der Waals surface area contributed by atoms with E-state index >= 15 is 0 Å². The summed E-state index contributed by atoms with van der Waals surface area (Å²) in [7, 11) is 1.78. The zero-order valence-electron chi connectivity index (χ0n) is 11.1. The Morgan fingerprint density at radius 3 is 2.76 bits per heavy atom. The molecule has 3 rings (SSSR count). The Bertz CT molecular complexity index is 734. The van der Waals surface area contributed by atoms with Gasteiger partial charge in [0.25, 0.3) is 0 Å². The van der Waals surface area contributed by atoms with E-state index in [-0.39, 0.29) is 11.5 Å². The van der Waals surface area contributed by atoms with Crippen LogP contribution in [0.15, 0.2) is 30.5 Å². The Labute approximate surface area is 119 Å². The van der Waals surface area contributed by atoms with Crippen LogP contribution in [0.25, 0.3) is 0 Å². The number of ether oxygens (including phenoxy) is 2. The van der Waals surface area contributed by atoms with Gasteiger partial charge in [0, 0.05) is 31.5 Å². The molecule has 2 heterocycles. The monoisotopic (exact) mass is 291 g/mol. The molecule has 0 radical (unpaired) electrons. The topological polar surface area (TPSA) is 59.2 Å². The first kappa shape index (κ1) is 13.2. The minimum atomic E-state index is -3.61. The van der Waals surface area contributed by atoms with E-state index in [4.69, 9.17) is 5.26 Å². The highest BCUT2D eigenvalue weighted by atomic mass is 19.3. The van der Waals surface area contributed by atoms with Crippen LogP contribution >= 0.6 is 0 Å². The summed E-state index contributed by atoms with van der Waals surface area (Å²) in [6, 6.07) is 8.32. The number of hydrogen-bond donors (Lipinski definition) is 1. The zero-order chi connectivity index (χ0) is 15.0. The van der Waals surface area contributed by atoms with Gasteiger partial charge in [0.05, 0.1) is 0 Å². The summed E-state index contributed by atoms with van der Waals surface area (Å²) >= 11 is 0. The van der Waals surface area contributed by atoms with Crippen LogP contribution in [0.3, 0.4) is 0 Å². The molecule has 1 aliphatic rings. The Hall–Kier alpha value is -2.75. The van der Waals surface area contributed by atoms with Crippen LogP contribution in [-0.4, -0.2) is 10.9 Å². The van der Waals surface area contributed by atoms with Crippen molar-refractivity contribution in [2.45, 2.75) is 12.8 Å². The molecule has 0 atom stereocenters. The SMILES string of the molecule is Cn1cc(CNc2ccc3c(c2)OC(F)(F)O3)cc1C#N. The molecule has 0 saturated carbocycles. The summed E-state index contributed by atoms with van der Waals surface area (Å²) in [5.41, 5.74) is 2.09. The maximum absolute atomic E-state index is 12.9. The third-order valence-electron chi connectivity index (χ3n) is 3.07. The fourth-order valence-corrected chi connectivity index (χ4v) is 2.10. The van der Waals surface area contributed by atoms with Gasteiger partial charge in [-0.15, -0.1) is 8.78 Å². The highest BCUT2D eigenvalue weighted by molar-refractivity contribution is 5.56. The summed E-state index contributed by atoms with van der Waals surface area (Å²) in [4.78, 5) is 0. The molecule has 2 aromatic rings. The third kappa shape index (κ3) is 2.60. The van der Waals surface area contributed by atoms with Gasteiger partial charge in [-0.3, -0.25) is 0 Å². The average Bonchev–Trinajstić information content (AvgIpc) is 2.93. The number of anilines is 1. The van der Waals surface area contributed by atoms with E-state index in [0.717, 1.165) is 5.56 Å². The minimum Gasteiger partial charge on any atom is -0.395 e. The number of aromatic nitrogens is 1. The lowest BCUT2D eigenvalue weighted by atomic mass is 10.2. The maximum atomic E-state index is 12.9. The number of aryl methyl sites for hydroxylation is 1. The minimum absolute atomic E-state index is 0.00391. The predicted molar refractivity (Wildman–Crippen MR) is 70.1 cm³/mol. The molecule has 0 fully saturated rings. The fourth-order valence-electron chi connectivity index (χ4n) is 2.10. The Kier molecular flexibility index (Phi) is 2.94. The number of nitriles is 1. The van der Waals surface area contributed by atoms with Gasteiger partial charge in [-0.05, 0) is 23.8 Å². The number of rotatable bonds is 3. The Morgan fingerprint density at radius 1 is 1.29 bits per heavy atom. The quantitative estimate of drug-likeness (QED) is 0.944. The molecule has 1 aromatic carbocycles. The predicted octanol–water partition coefficient (Wildman–Crippen LogP) is 2.83. The van der Waals surface area contributed by atoms with Crippen LogP contribution < -0.4 is 14.8 Å². The molecule has 0 bridgehead atoms. The smallest absolute Gasteiger partial charge is 0.395 e. The molecule has 1 aromatic heterocycles. The van der Waals surface area contributed by atoms with E-state index in [2.05, 4.69) is 20.9 Å². The van der Waals surface area contributed by atoms with Crippen molar-refractivity contribution in [1.82, 2.24) is 4.57 Å². The van der Waals surface area contributed by atoms with Crippen molar-refractivity contribution in [2.24, 2.45) is 7.05 Å². The van der Waals surface area contributed by atoms with Gasteiger partial charge >= 0.3 is 6.29 Å². The zero-order valence-corrected chi connectivity index (χ0v) is 11.1. The number of fused-ring (bicyclic) bond motifs is 1. The van der Waals surface area contributed by atoms with Crippen LogP contribution in [-0.2, 0) is 13.6 Å². The molecule has 0 aliphatic carbocycles. The molecular weight excluding hydrogens is 280 g/mol. The largest absolute Gasteiger partial charge is 0.586 e. The molecule has 0 spiro atoms. The number of alkyl halides is 2. The standard InChI is InChI=1S/C14H11F2N3O2/c1-19-8-9(4-11(19)6-17)7-18-10-2-3-12-13(5-10)21-14(15,16)20-12/h2-5,8,18H,7H2,1H3. The molecule has 108 valence electrons. The average molecular weight is 291 g/mol. The molecule has 1 N–H and O–H groups in total. The summed E-state index contributed by atoms with van der Waals surface area (Å²) in [6.45, 7) is 0.464. The van der Waals surface area contributed by atoms with Crippen LogP contribution in [0.1, 0.15) is 11.3 Å². The van der Waals surface area contributed by atoms with Gasteiger partial charge in [-0.25, -0.2) is 0 Å². The molecule has 0 amide bonds. The first-order valence-corrected chi connectivity index (χ1v) is 6.16. The van der Waals surface area contributed by atoms with Crippen molar-refractivity contribution in [2.75, 3.05) is 5.32 Å². The summed E-state index contributed by atoms with van der Waals surface area (Å²) in [5.74, 6) is 0.00723. The lowest BCUT2D eigenvalue weighted by molar-refractivity contribution is -0.286. The lowest BCUT2D eigenvalue weighted by Crippen LogP contribution is -2.25. The van der Waals surface area contributed by atoms with Gasteiger partial charge < -0.3 is 19.4 Å². The van der Waals surface area contributed by atoms with E-state index < -0.39 is 6.29 Å². The molecule has 21 heavy (non-hydrogen) atoms. The van der Waals surface area contributed by atoms with Crippen molar-refractivity contribution in [3.8, 4) is 17.6 Å². The van der Waals surface area contributed by atoms with Crippen LogP contribution in [0.4, 0.5) is 14.5 Å². The number of halogens is 2. The molecule has 5 nitrogen and oxygen atoms in total. The molecule has 7 heteroatoms. The lowest BCUT2D eigenvalue weighted by Gasteiger charge is -2.05. The van der Waals surface area contributed by atoms with E-state index in [1.807, 2.05) is 6.20 Å². The first-order chi connectivity index (χ1) is 9.97. The van der Waals surface area contributed by atoms with Crippen LogP contribution in [0.5, 0.6) is 11.5 Å². The van der Waals surface area contributed by atoms with Crippen LogP contribution in [0.2, 0.25) is 0 Å². The highest BCUT2D eigenvalue weighted by Gasteiger charge is 2.43. The van der Waals surface area contributed by atoms with E-state index in [0.29, 0.717) is 17.9 Å². The summed E-state index contributed by atoms with van der Waals surface area (Å²) < 4.78 is 36.2. The third-order valence-corrected chi connectivity index (χ3v) is 3.07. The Balaban J connectivity index is 1.71. The second-order valence-electron chi connectivity index (χ2n) is 4.64. The van der Waals surface area contributed by atoms with Crippen molar-refractivity contribution in [3.05, 3.63) is 41.7 Å².